The minimum Gasteiger partial charge on any atom is -0.478 e. The number of carboxylic acids is 1. The summed E-state index contributed by atoms with van der Waals surface area (Å²) in [5.41, 5.74) is 0.251. The maximum absolute atomic E-state index is 10.5. The van der Waals surface area contributed by atoms with Crippen molar-refractivity contribution in [3.05, 3.63) is 23.9 Å². The molecular formula is C10H11NO2S. The van der Waals surface area contributed by atoms with Gasteiger partial charge in [0.25, 0.3) is 0 Å². The lowest BCUT2D eigenvalue weighted by atomic mass is 10.3. The molecule has 1 aliphatic carbocycles. The van der Waals surface area contributed by atoms with Crippen molar-refractivity contribution in [2.45, 2.75) is 17.9 Å². The van der Waals surface area contributed by atoms with Gasteiger partial charge in [-0.1, -0.05) is 0 Å². The van der Waals surface area contributed by atoms with Crippen LogP contribution in [0, 0.1) is 5.92 Å². The minimum atomic E-state index is -0.920. The molecule has 74 valence electrons. The highest BCUT2D eigenvalue weighted by Crippen LogP contribution is 2.34. The van der Waals surface area contributed by atoms with E-state index in [0.717, 1.165) is 16.7 Å². The van der Waals surface area contributed by atoms with Crippen LogP contribution >= 0.6 is 11.8 Å². The van der Waals surface area contributed by atoms with E-state index < -0.39 is 5.97 Å². The molecule has 0 amide bonds. The number of pyridine rings is 1. The Morgan fingerprint density at radius 2 is 2.36 bits per heavy atom. The first-order valence-corrected chi connectivity index (χ1v) is 5.56. The largest absolute Gasteiger partial charge is 0.478 e. The molecule has 3 nitrogen and oxygen atoms in total. The molecule has 1 aromatic rings. The summed E-state index contributed by atoms with van der Waals surface area (Å²) in [6, 6.07) is 3.38. The van der Waals surface area contributed by atoms with Crippen molar-refractivity contribution in [1.82, 2.24) is 4.98 Å². The van der Waals surface area contributed by atoms with Crippen LogP contribution in [-0.4, -0.2) is 21.8 Å². The van der Waals surface area contributed by atoms with Gasteiger partial charge in [0.05, 0.1) is 10.6 Å². The van der Waals surface area contributed by atoms with E-state index in [1.807, 2.05) is 0 Å². The van der Waals surface area contributed by atoms with Gasteiger partial charge in [0, 0.05) is 11.9 Å². The first-order chi connectivity index (χ1) is 6.75. The molecular weight excluding hydrogens is 198 g/mol. The van der Waals surface area contributed by atoms with Crippen LogP contribution in [0.15, 0.2) is 23.4 Å². The maximum atomic E-state index is 10.5. The summed E-state index contributed by atoms with van der Waals surface area (Å²) in [7, 11) is 0. The van der Waals surface area contributed by atoms with Gasteiger partial charge >= 0.3 is 5.97 Å². The molecule has 0 spiro atoms. The Bertz CT molecular complexity index is 332. The van der Waals surface area contributed by atoms with E-state index in [0.29, 0.717) is 0 Å². The fourth-order valence-electron chi connectivity index (χ4n) is 1.08. The van der Waals surface area contributed by atoms with Crippen LogP contribution in [0.2, 0.25) is 0 Å². The Balaban J connectivity index is 1.94. The Kier molecular flexibility index (Phi) is 2.72. The maximum Gasteiger partial charge on any atom is 0.337 e. The number of hydrogen-bond donors (Lipinski definition) is 1. The normalized spacial score (nSPS) is 15.4. The lowest BCUT2D eigenvalue weighted by Crippen LogP contribution is -1.96. The smallest absolute Gasteiger partial charge is 0.337 e. The van der Waals surface area contributed by atoms with E-state index in [1.165, 1.54) is 19.0 Å². The monoisotopic (exact) mass is 209 g/mol. The Morgan fingerprint density at radius 3 is 2.86 bits per heavy atom. The molecule has 0 aromatic carbocycles. The van der Waals surface area contributed by atoms with E-state index in [1.54, 1.807) is 23.9 Å². The van der Waals surface area contributed by atoms with Crippen molar-refractivity contribution >= 4 is 17.7 Å². The molecule has 0 atom stereocenters. The molecule has 1 aromatic heterocycles. The van der Waals surface area contributed by atoms with Crippen LogP contribution in [0.1, 0.15) is 23.2 Å². The second kappa shape index (κ2) is 4.00. The summed E-state index contributed by atoms with van der Waals surface area (Å²) in [4.78, 5) is 14.6. The fraction of sp³-hybridized carbons (Fsp3) is 0.400. The van der Waals surface area contributed by atoms with Gasteiger partial charge in [-0.3, -0.25) is 0 Å². The van der Waals surface area contributed by atoms with Crippen LogP contribution in [0.4, 0.5) is 0 Å². The number of aromatic nitrogens is 1. The molecule has 2 rings (SSSR count). The van der Waals surface area contributed by atoms with Crippen LogP contribution in [0.5, 0.6) is 0 Å². The summed E-state index contributed by atoms with van der Waals surface area (Å²) in [6.45, 7) is 0. The molecule has 0 bridgehead atoms. The standard InChI is InChI=1S/C10H11NO2S/c12-10(13)8-3-4-9(11-5-8)14-6-7-1-2-7/h3-5,7H,1-2,6H2,(H,12,13). The number of rotatable bonds is 4. The molecule has 1 saturated carbocycles. The zero-order valence-corrected chi connectivity index (χ0v) is 8.46. The van der Waals surface area contributed by atoms with E-state index in [9.17, 15) is 4.79 Å². The van der Waals surface area contributed by atoms with Gasteiger partial charge in [0.15, 0.2) is 0 Å². The number of aromatic carboxylic acids is 1. The number of hydrogen-bond acceptors (Lipinski definition) is 3. The van der Waals surface area contributed by atoms with Gasteiger partial charge < -0.3 is 5.11 Å². The number of carboxylic acid groups (broad SMARTS) is 1. The number of nitrogens with zero attached hydrogens (tertiary/aromatic N) is 1. The highest BCUT2D eigenvalue weighted by Gasteiger charge is 2.21. The van der Waals surface area contributed by atoms with Crippen LogP contribution in [-0.2, 0) is 0 Å². The zero-order valence-electron chi connectivity index (χ0n) is 7.64. The topological polar surface area (TPSA) is 50.2 Å². The summed E-state index contributed by atoms with van der Waals surface area (Å²) in [6.07, 6.45) is 4.08. The Morgan fingerprint density at radius 1 is 1.57 bits per heavy atom. The summed E-state index contributed by atoms with van der Waals surface area (Å²) in [5, 5.41) is 9.58. The molecule has 14 heavy (non-hydrogen) atoms. The van der Waals surface area contributed by atoms with Crippen molar-refractivity contribution in [3.8, 4) is 0 Å². The highest BCUT2D eigenvalue weighted by atomic mass is 32.2. The average molecular weight is 209 g/mol. The molecule has 1 fully saturated rings. The Hall–Kier alpha value is -1.03. The Labute approximate surface area is 86.5 Å². The van der Waals surface area contributed by atoms with Crippen molar-refractivity contribution in [2.75, 3.05) is 5.75 Å². The van der Waals surface area contributed by atoms with Gasteiger partial charge in [0.1, 0.15) is 0 Å². The van der Waals surface area contributed by atoms with Crippen molar-refractivity contribution in [3.63, 3.8) is 0 Å². The molecule has 0 saturated heterocycles. The number of carbonyl (C=O) groups is 1. The first kappa shape index (κ1) is 9.52. The van der Waals surface area contributed by atoms with Crippen LogP contribution in [0.25, 0.3) is 0 Å². The molecule has 1 N–H and O–H groups in total. The molecule has 0 radical (unpaired) electrons. The van der Waals surface area contributed by atoms with Crippen LogP contribution in [0.3, 0.4) is 0 Å². The minimum absolute atomic E-state index is 0.251. The van der Waals surface area contributed by atoms with Crippen molar-refractivity contribution in [1.29, 1.82) is 0 Å². The predicted octanol–water partition coefficient (Wildman–Crippen LogP) is 2.28. The highest BCUT2D eigenvalue weighted by molar-refractivity contribution is 7.99. The van der Waals surface area contributed by atoms with E-state index in [2.05, 4.69) is 4.98 Å². The quantitative estimate of drug-likeness (QED) is 0.773. The summed E-state index contributed by atoms with van der Waals surface area (Å²) in [5.74, 6) is 1.05. The van der Waals surface area contributed by atoms with Gasteiger partial charge in [-0.05, 0) is 30.9 Å². The van der Waals surface area contributed by atoms with E-state index in [4.69, 9.17) is 5.11 Å². The van der Waals surface area contributed by atoms with Gasteiger partial charge in [-0.25, -0.2) is 9.78 Å². The van der Waals surface area contributed by atoms with Crippen LogP contribution < -0.4 is 0 Å². The molecule has 0 unspecified atom stereocenters. The molecule has 4 heteroatoms. The number of thioether (sulfide) groups is 1. The van der Waals surface area contributed by atoms with E-state index >= 15 is 0 Å². The molecule has 1 aliphatic rings. The van der Waals surface area contributed by atoms with Crippen molar-refractivity contribution < 1.29 is 9.90 Å². The third-order valence-corrected chi connectivity index (χ3v) is 3.32. The second-order valence-electron chi connectivity index (χ2n) is 3.44. The lowest BCUT2D eigenvalue weighted by molar-refractivity contribution is 0.0696. The second-order valence-corrected chi connectivity index (χ2v) is 4.48. The van der Waals surface area contributed by atoms with Gasteiger partial charge in [0.2, 0.25) is 0 Å². The third kappa shape index (κ3) is 2.48. The van der Waals surface area contributed by atoms with Gasteiger partial charge in [-0.15, -0.1) is 11.8 Å². The first-order valence-electron chi connectivity index (χ1n) is 4.58. The van der Waals surface area contributed by atoms with Gasteiger partial charge in [-0.2, -0.15) is 0 Å². The third-order valence-electron chi connectivity index (χ3n) is 2.15. The van der Waals surface area contributed by atoms with E-state index in [-0.39, 0.29) is 5.56 Å². The molecule has 0 aliphatic heterocycles. The fourth-order valence-corrected chi connectivity index (χ4v) is 2.11. The zero-order chi connectivity index (χ0) is 9.97. The SMILES string of the molecule is O=C(O)c1ccc(SCC2CC2)nc1. The predicted molar refractivity (Wildman–Crippen MR) is 54.6 cm³/mol. The van der Waals surface area contributed by atoms with Crippen molar-refractivity contribution in [2.24, 2.45) is 5.92 Å². The average Bonchev–Trinajstić information content (AvgIpc) is 2.99. The lowest BCUT2D eigenvalue weighted by Gasteiger charge is -1.99. The summed E-state index contributed by atoms with van der Waals surface area (Å²) >= 11 is 1.71. The molecule has 1 heterocycles. The summed E-state index contributed by atoms with van der Waals surface area (Å²) < 4.78 is 0.